The number of piperidine rings is 1. The van der Waals surface area contributed by atoms with Crippen LogP contribution in [-0.2, 0) is 0 Å². The van der Waals surface area contributed by atoms with Gasteiger partial charge in [-0.15, -0.1) is 0 Å². The fourth-order valence-electron chi connectivity index (χ4n) is 2.50. The molecular weight excluding hydrogens is 264 g/mol. The highest BCUT2D eigenvalue weighted by Gasteiger charge is 2.17. The second-order valence-electron chi connectivity index (χ2n) is 5.09. The zero-order chi connectivity index (χ0) is 13.7. The van der Waals surface area contributed by atoms with E-state index in [0.717, 1.165) is 19.5 Å². The number of nitrogens with zero attached hydrogens (tertiary/aromatic N) is 2. The monoisotopic (exact) mass is 284 g/mol. The fraction of sp³-hybridized carbons (Fsp3) is 0.692. The first-order valence-electron chi connectivity index (χ1n) is 6.89. The molecule has 106 valence electrons. The van der Waals surface area contributed by atoms with Gasteiger partial charge in [0.15, 0.2) is 0 Å². The van der Waals surface area contributed by atoms with Crippen molar-refractivity contribution in [2.45, 2.75) is 38.6 Å². The molecule has 1 aliphatic heterocycles. The molecule has 2 heterocycles. The predicted octanol–water partition coefficient (Wildman–Crippen LogP) is 2.10. The molecule has 1 fully saturated rings. The van der Waals surface area contributed by atoms with Gasteiger partial charge in [-0.3, -0.25) is 4.79 Å². The number of hydrogen-bond donors (Lipinski definition) is 2. The number of nitrogens with one attached hydrogen (secondary N) is 2. The molecule has 19 heavy (non-hydrogen) atoms. The van der Waals surface area contributed by atoms with E-state index in [-0.39, 0.29) is 10.6 Å². The Morgan fingerprint density at radius 1 is 1.58 bits per heavy atom. The molecule has 0 bridgehead atoms. The number of halogens is 1. The zero-order valence-corrected chi connectivity index (χ0v) is 12.0. The molecule has 1 saturated heterocycles. The number of hydrogen-bond acceptors (Lipinski definition) is 4. The van der Waals surface area contributed by atoms with Gasteiger partial charge >= 0.3 is 0 Å². The summed E-state index contributed by atoms with van der Waals surface area (Å²) in [6.07, 6.45) is 6.55. The van der Waals surface area contributed by atoms with Crippen LogP contribution in [0, 0.1) is 0 Å². The number of aromatic amines is 1. The lowest BCUT2D eigenvalue weighted by Crippen LogP contribution is -2.38. The molecule has 0 aliphatic carbocycles. The van der Waals surface area contributed by atoms with Crippen LogP contribution in [-0.4, -0.2) is 40.8 Å². The average Bonchev–Trinajstić information content (AvgIpc) is 2.41. The summed E-state index contributed by atoms with van der Waals surface area (Å²) in [5, 5.41) is 9.38. The molecule has 0 radical (unpaired) electrons. The molecule has 1 aromatic rings. The largest absolute Gasteiger partial charge is 0.382 e. The summed E-state index contributed by atoms with van der Waals surface area (Å²) < 4.78 is 0. The summed E-state index contributed by atoms with van der Waals surface area (Å²) in [5.74, 6) is 0. The Labute approximate surface area is 118 Å². The number of anilines is 1. The third kappa shape index (κ3) is 3.94. The van der Waals surface area contributed by atoms with Gasteiger partial charge in [0.25, 0.3) is 5.56 Å². The van der Waals surface area contributed by atoms with Crippen molar-refractivity contribution in [3.05, 3.63) is 21.6 Å². The molecule has 0 saturated carbocycles. The van der Waals surface area contributed by atoms with Gasteiger partial charge in [0, 0.05) is 19.1 Å². The van der Waals surface area contributed by atoms with Crippen molar-refractivity contribution in [2.24, 2.45) is 0 Å². The molecule has 5 nitrogen and oxygen atoms in total. The highest BCUT2D eigenvalue weighted by Crippen LogP contribution is 2.17. The number of likely N-dealkylation sites (tertiary alicyclic amines) is 1. The topological polar surface area (TPSA) is 61.0 Å². The van der Waals surface area contributed by atoms with Crippen LogP contribution in [0.3, 0.4) is 0 Å². The van der Waals surface area contributed by atoms with Gasteiger partial charge < -0.3 is 10.2 Å². The first-order chi connectivity index (χ1) is 9.18. The molecule has 0 spiro atoms. The van der Waals surface area contributed by atoms with Gasteiger partial charge in [-0.25, -0.2) is 5.10 Å². The van der Waals surface area contributed by atoms with Crippen molar-refractivity contribution in [3.8, 4) is 0 Å². The minimum absolute atomic E-state index is 0.182. The van der Waals surface area contributed by atoms with Gasteiger partial charge in [0.1, 0.15) is 5.02 Å². The molecule has 0 aromatic carbocycles. The average molecular weight is 285 g/mol. The van der Waals surface area contributed by atoms with Crippen molar-refractivity contribution in [2.75, 3.05) is 25.0 Å². The maximum atomic E-state index is 11.3. The third-order valence-corrected chi connectivity index (χ3v) is 4.05. The molecule has 1 atom stereocenters. The zero-order valence-electron chi connectivity index (χ0n) is 11.3. The van der Waals surface area contributed by atoms with E-state index in [1.165, 1.54) is 25.8 Å². The Hall–Kier alpha value is -1.07. The minimum Gasteiger partial charge on any atom is -0.382 e. The number of aromatic nitrogens is 2. The summed E-state index contributed by atoms with van der Waals surface area (Å²) in [6, 6.07) is 0.693. The van der Waals surface area contributed by atoms with Crippen molar-refractivity contribution in [1.29, 1.82) is 0 Å². The van der Waals surface area contributed by atoms with E-state index >= 15 is 0 Å². The van der Waals surface area contributed by atoms with Crippen LogP contribution in [0.25, 0.3) is 0 Å². The van der Waals surface area contributed by atoms with Crippen LogP contribution in [0.1, 0.15) is 32.6 Å². The smallest absolute Gasteiger partial charge is 0.285 e. The number of H-pyrrole nitrogens is 1. The van der Waals surface area contributed by atoms with Crippen LogP contribution in [0.4, 0.5) is 5.69 Å². The van der Waals surface area contributed by atoms with Crippen LogP contribution < -0.4 is 10.9 Å². The first-order valence-corrected chi connectivity index (χ1v) is 7.27. The van der Waals surface area contributed by atoms with Crippen LogP contribution in [0.15, 0.2) is 11.0 Å². The van der Waals surface area contributed by atoms with Crippen molar-refractivity contribution < 1.29 is 0 Å². The van der Waals surface area contributed by atoms with Crippen molar-refractivity contribution in [1.82, 2.24) is 15.1 Å². The Kier molecular flexibility index (Phi) is 5.22. The van der Waals surface area contributed by atoms with Gasteiger partial charge in [-0.05, 0) is 32.7 Å². The predicted molar refractivity (Wildman–Crippen MR) is 77.9 cm³/mol. The van der Waals surface area contributed by atoms with Gasteiger partial charge in [0.2, 0.25) is 0 Å². The van der Waals surface area contributed by atoms with Crippen molar-refractivity contribution in [3.63, 3.8) is 0 Å². The third-order valence-electron chi connectivity index (χ3n) is 3.67. The van der Waals surface area contributed by atoms with Gasteiger partial charge in [0.05, 0.1) is 11.9 Å². The Balaban J connectivity index is 1.74. The lowest BCUT2D eigenvalue weighted by molar-refractivity contribution is 0.160. The minimum atomic E-state index is -0.351. The summed E-state index contributed by atoms with van der Waals surface area (Å²) in [7, 11) is 0. The second kappa shape index (κ2) is 6.91. The maximum absolute atomic E-state index is 11.3. The summed E-state index contributed by atoms with van der Waals surface area (Å²) in [5.41, 5.74) is 0.258. The van der Waals surface area contributed by atoms with E-state index in [4.69, 9.17) is 11.6 Å². The van der Waals surface area contributed by atoms with E-state index in [1.807, 2.05) is 0 Å². The molecule has 1 aliphatic rings. The maximum Gasteiger partial charge on any atom is 0.285 e. The van der Waals surface area contributed by atoms with E-state index in [1.54, 1.807) is 6.20 Å². The van der Waals surface area contributed by atoms with Gasteiger partial charge in [-0.2, -0.15) is 5.10 Å². The lowest BCUT2D eigenvalue weighted by Gasteiger charge is -2.33. The Morgan fingerprint density at radius 3 is 3.21 bits per heavy atom. The van der Waals surface area contributed by atoms with E-state index in [9.17, 15) is 4.79 Å². The number of rotatable bonds is 5. The van der Waals surface area contributed by atoms with Gasteiger partial charge in [-0.1, -0.05) is 18.0 Å². The summed E-state index contributed by atoms with van der Waals surface area (Å²) in [6.45, 7) is 5.38. The Morgan fingerprint density at radius 2 is 2.42 bits per heavy atom. The standard InChI is InChI=1S/C13H21ClN4O/c1-10-5-2-3-7-18(10)8-4-6-15-11-9-16-17-13(19)12(11)14/h9-10H,2-8H2,1H3,(H2,15,17,19). The molecule has 6 heteroatoms. The molecule has 2 rings (SSSR count). The van der Waals surface area contributed by atoms with E-state index in [2.05, 4.69) is 27.3 Å². The van der Waals surface area contributed by atoms with Crippen molar-refractivity contribution >= 4 is 17.3 Å². The normalized spacial score (nSPS) is 20.4. The molecule has 2 N–H and O–H groups in total. The van der Waals surface area contributed by atoms with E-state index in [0.29, 0.717) is 11.7 Å². The molecule has 1 unspecified atom stereocenters. The van der Waals surface area contributed by atoms with E-state index < -0.39 is 0 Å². The quantitative estimate of drug-likeness (QED) is 0.813. The van der Waals surface area contributed by atoms with Crippen LogP contribution in [0.5, 0.6) is 0 Å². The summed E-state index contributed by atoms with van der Waals surface area (Å²) >= 11 is 5.89. The summed E-state index contributed by atoms with van der Waals surface area (Å²) in [4.78, 5) is 13.8. The van der Waals surface area contributed by atoms with Crippen LogP contribution >= 0.6 is 11.6 Å². The SMILES string of the molecule is CC1CCCCN1CCCNc1cn[nH]c(=O)c1Cl. The molecule has 1 aromatic heterocycles. The Bertz CT molecular complexity index is 462. The second-order valence-corrected chi connectivity index (χ2v) is 5.47. The highest BCUT2D eigenvalue weighted by atomic mass is 35.5. The lowest BCUT2D eigenvalue weighted by atomic mass is 10.0. The fourth-order valence-corrected chi connectivity index (χ4v) is 2.66. The molecular formula is C13H21ClN4O. The first kappa shape index (κ1) is 14.3. The highest BCUT2D eigenvalue weighted by molar-refractivity contribution is 6.32. The molecule has 0 amide bonds. The van der Waals surface area contributed by atoms with Crippen LogP contribution in [0.2, 0.25) is 5.02 Å².